The number of rotatable bonds is 8. The lowest BCUT2D eigenvalue weighted by Crippen LogP contribution is -2.31. The number of pyridine rings is 1. The van der Waals surface area contributed by atoms with Gasteiger partial charge in [-0.1, -0.05) is 6.07 Å². The van der Waals surface area contributed by atoms with Gasteiger partial charge in [0.05, 0.1) is 32.1 Å². The Bertz CT molecular complexity index is 792. The number of amides is 2. The van der Waals surface area contributed by atoms with E-state index in [1.165, 1.54) is 13.1 Å². The van der Waals surface area contributed by atoms with Gasteiger partial charge in [-0.2, -0.15) is 0 Å². The van der Waals surface area contributed by atoms with Crippen LogP contribution < -0.4 is 24.8 Å². The lowest BCUT2D eigenvalue weighted by molar-refractivity contribution is -0.123. The molecule has 144 valence electrons. The molecule has 2 rings (SSSR count). The number of benzene rings is 1. The van der Waals surface area contributed by atoms with Crippen LogP contribution in [0.15, 0.2) is 36.5 Å². The maximum atomic E-state index is 12.1. The molecule has 0 saturated carbocycles. The predicted octanol–water partition coefficient (Wildman–Crippen LogP) is 2.31. The molecule has 1 atom stereocenters. The van der Waals surface area contributed by atoms with Crippen LogP contribution in [-0.2, 0) is 9.59 Å². The lowest BCUT2D eigenvalue weighted by atomic mass is 10.1. The zero-order valence-corrected chi connectivity index (χ0v) is 15.7. The van der Waals surface area contributed by atoms with Crippen molar-refractivity contribution in [2.45, 2.75) is 19.9 Å². The molecule has 0 aliphatic heterocycles. The number of nitrogens with zero attached hydrogens (tertiary/aromatic N) is 1. The van der Waals surface area contributed by atoms with Gasteiger partial charge in [-0.25, -0.2) is 4.98 Å². The number of hydrogen-bond donors (Lipinski definition) is 2. The number of ether oxygens (including phenoxy) is 3. The largest absolute Gasteiger partial charge is 0.493 e. The third kappa shape index (κ3) is 5.88. The van der Waals surface area contributed by atoms with Crippen LogP contribution in [0.5, 0.6) is 17.4 Å². The number of carbonyl (C=O) groups excluding carboxylic acids is 2. The van der Waals surface area contributed by atoms with E-state index < -0.39 is 0 Å². The molecule has 1 aromatic carbocycles. The summed E-state index contributed by atoms with van der Waals surface area (Å²) in [6.45, 7) is 3.10. The minimum Gasteiger partial charge on any atom is -0.493 e. The first-order valence-corrected chi connectivity index (χ1v) is 8.30. The molecule has 8 heteroatoms. The second-order valence-electron chi connectivity index (χ2n) is 5.76. The Morgan fingerprint density at radius 1 is 1.11 bits per heavy atom. The Morgan fingerprint density at radius 3 is 2.44 bits per heavy atom. The molecule has 27 heavy (non-hydrogen) atoms. The summed E-state index contributed by atoms with van der Waals surface area (Å²) in [5.41, 5.74) is 1.43. The molecule has 1 aromatic heterocycles. The van der Waals surface area contributed by atoms with E-state index in [0.29, 0.717) is 17.2 Å². The van der Waals surface area contributed by atoms with Crippen LogP contribution in [0.25, 0.3) is 0 Å². The maximum absolute atomic E-state index is 12.1. The van der Waals surface area contributed by atoms with Gasteiger partial charge in [-0.15, -0.1) is 0 Å². The fraction of sp³-hybridized carbons (Fsp3) is 0.316. The molecule has 0 fully saturated rings. The number of anilines is 1. The molecule has 8 nitrogen and oxygen atoms in total. The van der Waals surface area contributed by atoms with Gasteiger partial charge in [-0.05, 0) is 30.7 Å². The van der Waals surface area contributed by atoms with Crippen LogP contribution in [0, 0.1) is 0 Å². The number of nitrogens with one attached hydrogen (secondary N) is 2. The Balaban J connectivity index is 1.88. The lowest BCUT2D eigenvalue weighted by Gasteiger charge is -2.16. The first-order chi connectivity index (χ1) is 12.9. The number of hydrogen-bond acceptors (Lipinski definition) is 6. The van der Waals surface area contributed by atoms with Gasteiger partial charge in [0.1, 0.15) is 0 Å². The van der Waals surface area contributed by atoms with E-state index >= 15 is 0 Å². The monoisotopic (exact) mass is 373 g/mol. The van der Waals surface area contributed by atoms with Crippen molar-refractivity contribution in [1.29, 1.82) is 0 Å². The number of carbonyl (C=O) groups is 2. The molecular formula is C19H23N3O5. The Hall–Kier alpha value is -3.29. The van der Waals surface area contributed by atoms with E-state index in [1.807, 2.05) is 19.1 Å². The van der Waals surface area contributed by atoms with Crippen LogP contribution in [0.4, 0.5) is 5.69 Å². The van der Waals surface area contributed by atoms with Crippen LogP contribution >= 0.6 is 0 Å². The van der Waals surface area contributed by atoms with E-state index in [2.05, 4.69) is 15.6 Å². The van der Waals surface area contributed by atoms with Gasteiger partial charge in [0.2, 0.25) is 11.8 Å². The maximum Gasteiger partial charge on any atom is 0.258 e. The molecule has 0 saturated heterocycles. The summed E-state index contributed by atoms with van der Waals surface area (Å²) in [5.74, 6) is 1.03. The summed E-state index contributed by atoms with van der Waals surface area (Å²) in [6, 6.07) is 8.44. The summed E-state index contributed by atoms with van der Waals surface area (Å²) >= 11 is 0. The Morgan fingerprint density at radius 2 is 1.85 bits per heavy atom. The van der Waals surface area contributed by atoms with Crippen LogP contribution in [-0.4, -0.2) is 37.6 Å². The zero-order chi connectivity index (χ0) is 19.8. The molecule has 2 N–H and O–H groups in total. The normalized spacial score (nSPS) is 11.3. The SMILES string of the molecule is COc1ccc(C(C)NC(=O)COc2ccc(NC(C)=O)cn2)cc1OC. The summed E-state index contributed by atoms with van der Waals surface area (Å²) in [5, 5.41) is 5.45. The van der Waals surface area contributed by atoms with Crippen molar-refractivity contribution in [3.8, 4) is 17.4 Å². The Labute approximate surface area is 157 Å². The molecule has 0 spiro atoms. The van der Waals surface area contributed by atoms with Gasteiger partial charge in [0.15, 0.2) is 18.1 Å². The fourth-order valence-electron chi connectivity index (χ4n) is 2.37. The van der Waals surface area contributed by atoms with Crippen molar-refractivity contribution < 1.29 is 23.8 Å². The third-order valence-corrected chi connectivity index (χ3v) is 3.69. The van der Waals surface area contributed by atoms with Crippen molar-refractivity contribution in [3.05, 3.63) is 42.1 Å². The quantitative estimate of drug-likeness (QED) is 0.737. The van der Waals surface area contributed by atoms with E-state index in [1.54, 1.807) is 32.4 Å². The van der Waals surface area contributed by atoms with Crippen LogP contribution in [0.1, 0.15) is 25.5 Å². The summed E-state index contributed by atoms with van der Waals surface area (Å²) < 4.78 is 15.8. The number of methoxy groups -OCH3 is 2. The molecule has 0 radical (unpaired) electrons. The second-order valence-corrected chi connectivity index (χ2v) is 5.76. The van der Waals surface area contributed by atoms with Gasteiger partial charge in [0.25, 0.3) is 5.91 Å². The standard InChI is InChI=1S/C19H23N3O5/c1-12(14-5-7-16(25-3)17(9-14)26-4)21-18(24)11-27-19-8-6-15(10-20-19)22-13(2)23/h5-10,12H,11H2,1-4H3,(H,21,24)(H,22,23). The van der Waals surface area contributed by atoms with Gasteiger partial charge in [-0.3, -0.25) is 9.59 Å². The van der Waals surface area contributed by atoms with Crippen molar-refractivity contribution in [2.75, 3.05) is 26.1 Å². The minimum atomic E-state index is -0.287. The summed E-state index contributed by atoms with van der Waals surface area (Å²) in [7, 11) is 3.12. The second kappa shape index (κ2) is 9.42. The van der Waals surface area contributed by atoms with Gasteiger partial charge < -0.3 is 24.8 Å². The average molecular weight is 373 g/mol. The molecule has 0 bridgehead atoms. The molecule has 0 aliphatic rings. The highest BCUT2D eigenvalue weighted by atomic mass is 16.5. The highest BCUT2D eigenvalue weighted by Crippen LogP contribution is 2.29. The molecule has 1 heterocycles. The minimum absolute atomic E-state index is 0.176. The molecule has 2 amide bonds. The smallest absolute Gasteiger partial charge is 0.258 e. The van der Waals surface area contributed by atoms with Crippen molar-refractivity contribution >= 4 is 17.5 Å². The van der Waals surface area contributed by atoms with Crippen molar-refractivity contribution in [3.63, 3.8) is 0 Å². The van der Waals surface area contributed by atoms with E-state index in [9.17, 15) is 9.59 Å². The van der Waals surface area contributed by atoms with Crippen LogP contribution in [0.3, 0.4) is 0 Å². The summed E-state index contributed by atoms with van der Waals surface area (Å²) in [6.07, 6.45) is 1.46. The van der Waals surface area contributed by atoms with E-state index in [4.69, 9.17) is 14.2 Å². The van der Waals surface area contributed by atoms with E-state index in [0.717, 1.165) is 5.56 Å². The van der Waals surface area contributed by atoms with Gasteiger partial charge >= 0.3 is 0 Å². The van der Waals surface area contributed by atoms with Crippen LogP contribution in [0.2, 0.25) is 0 Å². The molecule has 1 unspecified atom stereocenters. The zero-order valence-electron chi connectivity index (χ0n) is 15.7. The topological polar surface area (TPSA) is 98.8 Å². The predicted molar refractivity (Wildman–Crippen MR) is 100 cm³/mol. The van der Waals surface area contributed by atoms with Gasteiger partial charge in [0, 0.05) is 13.0 Å². The first kappa shape index (κ1) is 20.0. The summed E-state index contributed by atoms with van der Waals surface area (Å²) in [4.78, 5) is 27.1. The molecular weight excluding hydrogens is 350 g/mol. The fourth-order valence-corrected chi connectivity index (χ4v) is 2.37. The highest BCUT2D eigenvalue weighted by Gasteiger charge is 2.13. The molecule has 0 aliphatic carbocycles. The van der Waals surface area contributed by atoms with E-state index in [-0.39, 0.29) is 30.3 Å². The molecule has 2 aromatic rings. The number of aromatic nitrogens is 1. The first-order valence-electron chi connectivity index (χ1n) is 8.30. The van der Waals surface area contributed by atoms with Crippen molar-refractivity contribution in [1.82, 2.24) is 10.3 Å². The third-order valence-electron chi connectivity index (χ3n) is 3.69. The average Bonchev–Trinajstić information content (AvgIpc) is 2.66. The Kier molecular flexibility index (Phi) is 6.99. The highest BCUT2D eigenvalue weighted by molar-refractivity contribution is 5.88. The van der Waals surface area contributed by atoms with Crippen molar-refractivity contribution in [2.24, 2.45) is 0 Å².